The number of rotatable bonds is 5. The van der Waals surface area contributed by atoms with Gasteiger partial charge in [-0.15, -0.1) is 0 Å². The minimum atomic E-state index is -4.29. The molecule has 1 amide bonds. The average molecular weight is 329 g/mol. The molecule has 0 unspecified atom stereocenters. The molecule has 128 valence electrons. The first-order valence-corrected chi connectivity index (χ1v) is 7.76. The first kappa shape index (κ1) is 17.7. The normalized spacial score (nSPS) is 17.2. The first-order chi connectivity index (χ1) is 10.9. The van der Waals surface area contributed by atoms with Gasteiger partial charge in [0.2, 0.25) is 5.91 Å². The minimum absolute atomic E-state index is 0.0312. The van der Waals surface area contributed by atoms with E-state index < -0.39 is 11.7 Å². The Bertz CT molecular complexity index is 508. The number of benzene rings is 1. The Labute approximate surface area is 134 Å². The summed E-state index contributed by atoms with van der Waals surface area (Å²) >= 11 is 0. The molecule has 0 aromatic heterocycles. The van der Waals surface area contributed by atoms with Crippen LogP contribution in [0.3, 0.4) is 0 Å². The third kappa shape index (κ3) is 5.51. The van der Waals surface area contributed by atoms with Crippen LogP contribution in [0.25, 0.3) is 0 Å². The zero-order valence-electron chi connectivity index (χ0n) is 13.2. The van der Waals surface area contributed by atoms with Crippen LogP contribution in [0.1, 0.15) is 18.1 Å². The van der Waals surface area contributed by atoms with Gasteiger partial charge in [-0.3, -0.25) is 14.6 Å². The van der Waals surface area contributed by atoms with Crippen LogP contribution in [-0.2, 0) is 17.5 Å². The highest BCUT2D eigenvalue weighted by molar-refractivity contribution is 5.77. The Morgan fingerprint density at radius 2 is 1.65 bits per heavy atom. The zero-order valence-corrected chi connectivity index (χ0v) is 13.2. The van der Waals surface area contributed by atoms with Crippen LogP contribution in [-0.4, -0.2) is 55.0 Å². The van der Waals surface area contributed by atoms with E-state index >= 15 is 0 Å². The Hall–Kier alpha value is -1.60. The number of hydrogen-bond donors (Lipinski definition) is 1. The molecule has 1 saturated heterocycles. The summed E-state index contributed by atoms with van der Waals surface area (Å²) in [5.41, 5.74) is 0.253. The molecule has 0 atom stereocenters. The monoisotopic (exact) mass is 329 g/mol. The topological polar surface area (TPSA) is 35.6 Å². The van der Waals surface area contributed by atoms with Crippen LogP contribution in [0, 0.1) is 0 Å². The summed E-state index contributed by atoms with van der Waals surface area (Å²) in [5, 5.41) is 2.78. The van der Waals surface area contributed by atoms with E-state index in [-0.39, 0.29) is 5.91 Å². The third-order valence-electron chi connectivity index (χ3n) is 3.89. The van der Waals surface area contributed by atoms with E-state index in [0.29, 0.717) is 19.6 Å². The number of piperazine rings is 1. The largest absolute Gasteiger partial charge is 0.416 e. The van der Waals surface area contributed by atoms with Gasteiger partial charge >= 0.3 is 6.18 Å². The van der Waals surface area contributed by atoms with Crippen molar-refractivity contribution in [1.29, 1.82) is 0 Å². The Balaban J connectivity index is 1.79. The van der Waals surface area contributed by atoms with E-state index in [1.807, 2.05) is 6.92 Å². The van der Waals surface area contributed by atoms with Gasteiger partial charge in [0.25, 0.3) is 0 Å². The van der Waals surface area contributed by atoms with Gasteiger partial charge in [-0.05, 0) is 24.6 Å². The second-order valence-corrected chi connectivity index (χ2v) is 5.70. The lowest BCUT2D eigenvalue weighted by atomic mass is 10.1. The molecule has 0 saturated carbocycles. The van der Waals surface area contributed by atoms with Gasteiger partial charge in [0.05, 0.1) is 12.1 Å². The van der Waals surface area contributed by atoms with Crippen LogP contribution >= 0.6 is 0 Å². The maximum atomic E-state index is 12.5. The summed E-state index contributed by atoms with van der Waals surface area (Å²) in [6, 6.07) is 5.31. The third-order valence-corrected chi connectivity index (χ3v) is 3.89. The molecule has 2 rings (SSSR count). The zero-order chi connectivity index (χ0) is 16.9. The van der Waals surface area contributed by atoms with E-state index in [9.17, 15) is 18.0 Å². The molecule has 1 fully saturated rings. The van der Waals surface area contributed by atoms with E-state index in [1.54, 1.807) is 0 Å². The first-order valence-electron chi connectivity index (χ1n) is 7.76. The lowest BCUT2D eigenvalue weighted by Crippen LogP contribution is -2.49. The standard InChI is InChI=1S/C16H22F3N3O/c1-2-20-15(23)12-22-9-7-21(8-10-22)11-13-3-5-14(6-4-13)16(17,18)19/h3-6H,2,7-12H2,1H3,(H,20,23). The van der Waals surface area contributed by atoms with Crippen LogP contribution in [0.4, 0.5) is 13.2 Å². The number of nitrogens with one attached hydrogen (secondary N) is 1. The van der Waals surface area contributed by atoms with E-state index in [0.717, 1.165) is 43.9 Å². The number of carbonyl (C=O) groups is 1. The second-order valence-electron chi connectivity index (χ2n) is 5.70. The molecule has 1 N–H and O–H groups in total. The van der Waals surface area contributed by atoms with Gasteiger partial charge in [0.1, 0.15) is 0 Å². The molecule has 23 heavy (non-hydrogen) atoms. The van der Waals surface area contributed by atoms with Crippen molar-refractivity contribution in [2.45, 2.75) is 19.6 Å². The quantitative estimate of drug-likeness (QED) is 0.897. The highest BCUT2D eigenvalue weighted by atomic mass is 19.4. The number of carbonyl (C=O) groups excluding carboxylic acids is 1. The van der Waals surface area contributed by atoms with Crippen molar-refractivity contribution in [1.82, 2.24) is 15.1 Å². The molecule has 0 spiro atoms. The predicted molar refractivity (Wildman–Crippen MR) is 81.8 cm³/mol. The molecule has 7 heteroatoms. The predicted octanol–water partition coefficient (Wildman–Crippen LogP) is 1.96. The Morgan fingerprint density at radius 3 is 2.17 bits per heavy atom. The molecule has 1 heterocycles. The molecule has 1 aliphatic rings. The van der Waals surface area contributed by atoms with E-state index in [1.165, 1.54) is 12.1 Å². The van der Waals surface area contributed by atoms with Crippen LogP contribution in [0.5, 0.6) is 0 Å². The summed E-state index contributed by atoms with van der Waals surface area (Å²) in [4.78, 5) is 15.8. The highest BCUT2D eigenvalue weighted by Crippen LogP contribution is 2.29. The fourth-order valence-corrected chi connectivity index (χ4v) is 2.62. The van der Waals surface area contributed by atoms with Crippen molar-refractivity contribution in [2.24, 2.45) is 0 Å². The number of hydrogen-bond acceptors (Lipinski definition) is 3. The summed E-state index contributed by atoms with van der Waals surface area (Å²) in [6.45, 7) is 6.75. The fourth-order valence-electron chi connectivity index (χ4n) is 2.62. The fraction of sp³-hybridized carbons (Fsp3) is 0.562. The molecule has 0 aliphatic carbocycles. The van der Waals surface area contributed by atoms with E-state index in [4.69, 9.17) is 0 Å². The average Bonchev–Trinajstić information content (AvgIpc) is 2.49. The number of likely N-dealkylation sites (N-methyl/N-ethyl adjacent to an activating group) is 1. The number of alkyl halides is 3. The molecular weight excluding hydrogens is 307 g/mol. The van der Waals surface area contributed by atoms with Crippen molar-refractivity contribution >= 4 is 5.91 Å². The Morgan fingerprint density at radius 1 is 1.09 bits per heavy atom. The summed E-state index contributed by atoms with van der Waals surface area (Å²) in [5.74, 6) is 0.0312. The van der Waals surface area contributed by atoms with Crippen LogP contribution in [0.15, 0.2) is 24.3 Å². The van der Waals surface area contributed by atoms with Gasteiger partial charge in [-0.25, -0.2) is 0 Å². The van der Waals surface area contributed by atoms with Gasteiger partial charge in [0, 0.05) is 39.3 Å². The van der Waals surface area contributed by atoms with Gasteiger partial charge in [-0.1, -0.05) is 12.1 Å². The molecule has 4 nitrogen and oxygen atoms in total. The van der Waals surface area contributed by atoms with Crippen molar-refractivity contribution < 1.29 is 18.0 Å². The number of halogens is 3. The number of amides is 1. The Kier molecular flexibility index (Phi) is 6.01. The second kappa shape index (κ2) is 7.79. The van der Waals surface area contributed by atoms with Gasteiger partial charge in [-0.2, -0.15) is 13.2 Å². The smallest absolute Gasteiger partial charge is 0.355 e. The van der Waals surface area contributed by atoms with E-state index in [2.05, 4.69) is 15.1 Å². The maximum Gasteiger partial charge on any atom is 0.416 e. The van der Waals surface area contributed by atoms with Crippen molar-refractivity contribution in [3.63, 3.8) is 0 Å². The highest BCUT2D eigenvalue weighted by Gasteiger charge is 2.30. The number of nitrogens with zero attached hydrogens (tertiary/aromatic N) is 2. The maximum absolute atomic E-state index is 12.5. The lowest BCUT2D eigenvalue weighted by Gasteiger charge is -2.34. The van der Waals surface area contributed by atoms with Gasteiger partial charge in [0.15, 0.2) is 0 Å². The van der Waals surface area contributed by atoms with Crippen molar-refractivity contribution in [3.05, 3.63) is 35.4 Å². The van der Waals surface area contributed by atoms with Gasteiger partial charge < -0.3 is 5.32 Å². The molecule has 1 aromatic carbocycles. The molecule has 0 radical (unpaired) electrons. The molecule has 1 aromatic rings. The van der Waals surface area contributed by atoms with Crippen molar-refractivity contribution in [3.8, 4) is 0 Å². The summed E-state index contributed by atoms with van der Waals surface area (Å²) in [6.07, 6.45) is -4.29. The van der Waals surface area contributed by atoms with Crippen LogP contribution < -0.4 is 5.32 Å². The minimum Gasteiger partial charge on any atom is -0.355 e. The molecule has 0 bridgehead atoms. The SMILES string of the molecule is CCNC(=O)CN1CCN(Cc2ccc(C(F)(F)F)cc2)CC1. The van der Waals surface area contributed by atoms with Crippen LogP contribution in [0.2, 0.25) is 0 Å². The summed E-state index contributed by atoms with van der Waals surface area (Å²) < 4.78 is 37.6. The molecule has 1 aliphatic heterocycles. The lowest BCUT2D eigenvalue weighted by molar-refractivity contribution is -0.137. The summed E-state index contributed by atoms with van der Waals surface area (Å²) in [7, 11) is 0. The molecular formula is C16H22F3N3O. The van der Waals surface area contributed by atoms with Crippen molar-refractivity contribution in [2.75, 3.05) is 39.3 Å².